The van der Waals surface area contributed by atoms with Crippen molar-refractivity contribution in [3.8, 4) is 26.9 Å². The third kappa shape index (κ3) is 11.8. The van der Waals surface area contributed by atoms with Crippen LogP contribution in [0.2, 0.25) is 0 Å². The minimum atomic E-state index is -0.921. The minimum Gasteiger partial charge on any atom is -0.491 e. The van der Waals surface area contributed by atoms with Crippen LogP contribution in [0.3, 0.4) is 0 Å². The zero-order valence-electron chi connectivity index (χ0n) is 41.8. The van der Waals surface area contributed by atoms with E-state index in [0.717, 1.165) is 54.2 Å². The first kappa shape index (κ1) is 51.6. The van der Waals surface area contributed by atoms with Gasteiger partial charge in [-0.05, 0) is 86.7 Å². The number of thiazole rings is 1. The number of likely N-dealkylation sites (tertiary alicyclic amines) is 1. The molecule has 19 heteroatoms. The third-order valence-electron chi connectivity index (χ3n) is 12.6. The van der Waals surface area contributed by atoms with Gasteiger partial charge in [-0.25, -0.2) is 4.98 Å². The molecule has 0 radical (unpaired) electrons. The van der Waals surface area contributed by atoms with Crippen LogP contribution in [0.15, 0.2) is 83.3 Å². The Kier molecular flexibility index (Phi) is 16.0. The van der Waals surface area contributed by atoms with Crippen LogP contribution >= 0.6 is 22.7 Å². The number of ether oxygens (including phenoxy) is 3. The largest absolute Gasteiger partial charge is 0.491 e. The van der Waals surface area contributed by atoms with Crippen LogP contribution in [-0.2, 0) is 30.5 Å². The molecule has 6 aromatic rings. The Bertz CT molecular complexity index is 2960. The molecule has 2 aliphatic rings. The highest BCUT2D eigenvalue weighted by Crippen LogP contribution is 2.40. The lowest BCUT2D eigenvalue weighted by atomic mass is 9.85. The molecule has 17 nitrogen and oxygen atoms in total. The number of aromatic nitrogens is 4. The highest BCUT2D eigenvalue weighted by Gasteiger charge is 2.44. The zero-order valence-corrected chi connectivity index (χ0v) is 43.4. The van der Waals surface area contributed by atoms with Gasteiger partial charge < -0.3 is 40.2 Å². The number of amides is 4. The van der Waals surface area contributed by atoms with E-state index in [2.05, 4.69) is 45.0 Å². The van der Waals surface area contributed by atoms with Crippen LogP contribution in [0.25, 0.3) is 15.4 Å². The Balaban J connectivity index is 0.884. The van der Waals surface area contributed by atoms with Crippen molar-refractivity contribution in [1.29, 1.82) is 0 Å². The Morgan fingerprint density at radius 2 is 1.62 bits per heavy atom. The lowest BCUT2D eigenvalue weighted by Crippen LogP contribution is -2.57. The number of fused-ring (bicyclic) bond motifs is 3. The summed E-state index contributed by atoms with van der Waals surface area (Å²) < 4.78 is 20.4. The summed E-state index contributed by atoms with van der Waals surface area (Å²) in [6.45, 7) is 16.0. The summed E-state index contributed by atoms with van der Waals surface area (Å²) in [7, 11) is 0. The molecule has 0 bridgehead atoms. The average Bonchev–Trinajstić information content (AvgIpc) is 4.11. The highest BCUT2D eigenvalue weighted by molar-refractivity contribution is 7.15. The molecule has 4 amide bonds. The van der Waals surface area contributed by atoms with Crippen molar-refractivity contribution in [3.63, 3.8) is 0 Å². The zero-order chi connectivity index (χ0) is 51.3. The number of benzene rings is 3. The number of nitrogens with zero attached hydrogens (tertiary/aromatic N) is 6. The molecule has 0 saturated carbocycles. The Labute approximate surface area is 427 Å². The van der Waals surface area contributed by atoms with Gasteiger partial charge in [0.2, 0.25) is 23.6 Å². The molecule has 0 unspecified atom stereocenters. The van der Waals surface area contributed by atoms with Crippen LogP contribution in [0.5, 0.6) is 11.5 Å². The molecule has 0 spiro atoms. The van der Waals surface area contributed by atoms with Gasteiger partial charge in [-0.1, -0.05) is 51.1 Å². The van der Waals surface area contributed by atoms with Gasteiger partial charge in [-0.2, -0.15) is 0 Å². The molecule has 0 aliphatic carbocycles. The van der Waals surface area contributed by atoms with E-state index in [4.69, 9.17) is 19.2 Å². The van der Waals surface area contributed by atoms with Crippen LogP contribution in [0, 0.1) is 33.1 Å². The monoisotopic (exact) mass is 1020 g/mol. The van der Waals surface area contributed by atoms with E-state index in [1.165, 1.54) is 23.2 Å². The number of aliphatic hydroxyl groups is 1. The molecule has 8 rings (SSSR count). The molecule has 5 heterocycles. The number of carbonyl (C=O) groups excluding carboxylic acids is 4. The maximum absolute atomic E-state index is 13.8. The molecule has 72 heavy (non-hydrogen) atoms. The predicted molar refractivity (Wildman–Crippen MR) is 277 cm³/mol. The maximum Gasteiger partial charge on any atom is 0.246 e. The first-order chi connectivity index (χ1) is 34.5. The summed E-state index contributed by atoms with van der Waals surface area (Å²) in [4.78, 5) is 66.1. The summed E-state index contributed by atoms with van der Waals surface area (Å²) in [5.74, 6) is 1.16. The number of hydrogen-bond acceptors (Lipinski definition) is 14. The maximum atomic E-state index is 13.8. The van der Waals surface area contributed by atoms with E-state index in [9.17, 15) is 24.3 Å². The topological polar surface area (TPSA) is 211 Å². The van der Waals surface area contributed by atoms with Crippen molar-refractivity contribution >= 4 is 57.7 Å². The molecule has 4 N–H and O–H groups in total. The van der Waals surface area contributed by atoms with Gasteiger partial charge in [-0.3, -0.25) is 28.7 Å². The normalized spacial score (nSPS) is 16.8. The Morgan fingerprint density at radius 3 is 2.32 bits per heavy atom. The number of anilines is 1. The van der Waals surface area contributed by atoms with Crippen LogP contribution in [0.1, 0.15) is 91.1 Å². The number of carbonyl (C=O) groups is 4. The van der Waals surface area contributed by atoms with E-state index < -0.39 is 41.5 Å². The third-order valence-corrected chi connectivity index (χ3v) is 14.8. The van der Waals surface area contributed by atoms with E-state index in [1.54, 1.807) is 16.8 Å². The lowest BCUT2D eigenvalue weighted by Gasteiger charge is -2.35. The fraction of sp³-hybridized carbons (Fsp3) is 0.396. The van der Waals surface area contributed by atoms with Crippen molar-refractivity contribution in [2.75, 3.05) is 38.3 Å². The highest BCUT2D eigenvalue weighted by atomic mass is 32.1. The van der Waals surface area contributed by atoms with Crippen molar-refractivity contribution in [1.82, 2.24) is 35.3 Å². The number of aliphatic imine (C=N–C) groups is 1. The van der Waals surface area contributed by atoms with Gasteiger partial charge in [0.15, 0.2) is 5.82 Å². The summed E-state index contributed by atoms with van der Waals surface area (Å²) in [6, 6.07) is 20.5. The molecule has 378 valence electrons. The van der Waals surface area contributed by atoms with E-state index >= 15 is 0 Å². The van der Waals surface area contributed by atoms with Gasteiger partial charge in [0.1, 0.15) is 53.7 Å². The molecule has 1 fully saturated rings. The minimum absolute atomic E-state index is 0.0173. The smallest absolute Gasteiger partial charge is 0.246 e. The summed E-state index contributed by atoms with van der Waals surface area (Å²) in [5.41, 5.74) is 8.11. The van der Waals surface area contributed by atoms with E-state index in [0.29, 0.717) is 35.2 Å². The standard InChI is InChI=1S/C53H61N9O8S2/c1-30-32(3)72-52-45(30)46(58-41(49-60-59-33(4)62(49)52)26-44(65)57-38-12-10-9-11-13-38)35-16-18-40(19-17-35)69-22-20-68-21-23-70-43-24-36(47-31(2)55-29-71-47)14-15-37(43)27-54-50(66)42-25-39(64)28-61(42)51(67)48(53(6,7)8)56-34(5)63/h9-19,24,29,39,41-42,48,64H,20-23,25-28H2,1-8H3,(H,54,66)(H,56,63)(H,57,65)/t39-,41+,42+,48-/m1/s1. The second-order valence-electron chi connectivity index (χ2n) is 19.1. The number of para-hydroxylation sites is 1. The summed E-state index contributed by atoms with van der Waals surface area (Å²) in [5, 5.41) is 29.2. The quantitative estimate of drug-likeness (QED) is 0.0632. The Hall–Kier alpha value is -6.80. The molecule has 4 atom stereocenters. The second kappa shape index (κ2) is 22.3. The molecule has 1 saturated heterocycles. The predicted octanol–water partition coefficient (Wildman–Crippen LogP) is 7.21. The molecule has 3 aromatic carbocycles. The van der Waals surface area contributed by atoms with Crippen molar-refractivity contribution < 1.29 is 38.5 Å². The van der Waals surface area contributed by atoms with Crippen LogP contribution in [-0.4, -0.2) is 110 Å². The van der Waals surface area contributed by atoms with Gasteiger partial charge in [-0.15, -0.1) is 32.9 Å². The lowest BCUT2D eigenvalue weighted by molar-refractivity contribution is -0.143. The molecular weight excluding hydrogens is 955 g/mol. The summed E-state index contributed by atoms with van der Waals surface area (Å²) >= 11 is 3.18. The Morgan fingerprint density at radius 1 is 0.903 bits per heavy atom. The number of rotatable bonds is 18. The van der Waals surface area contributed by atoms with Gasteiger partial charge in [0, 0.05) is 53.7 Å². The second-order valence-corrected chi connectivity index (χ2v) is 21.1. The number of β-amino-alcohol motifs (C(OH)–C–C–N with tert-alkyl or cyclic N) is 1. The number of thiophene rings is 1. The molecule has 3 aromatic heterocycles. The van der Waals surface area contributed by atoms with E-state index in [1.807, 2.05) is 112 Å². The molecule has 2 aliphatic heterocycles. The first-order valence-electron chi connectivity index (χ1n) is 23.9. The fourth-order valence-electron chi connectivity index (χ4n) is 8.85. The van der Waals surface area contributed by atoms with Crippen molar-refractivity contribution in [2.45, 2.75) is 99.0 Å². The van der Waals surface area contributed by atoms with Gasteiger partial charge in [0.05, 0.1) is 47.5 Å². The van der Waals surface area contributed by atoms with Crippen molar-refractivity contribution in [2.24, 2.45) is 10.4 Å². The van der Waals surface area contributed by atoms with Crippen LogP contribution < -0.4 is 25.4 Å². The SMILES string of the molecule is CC(=O)N[C@H](C(=O)N1C[C@H](O)C[C@H]1C(=O)NCc1ccc(-c2scnc2C)cc1OCCOCCOc1ccc(C2=N[C@@H](CC(=O)Nc3ccccc3)c3nnc(C)n3-c3sc(C)c(C)c32)cc1)C(C)(C)C. The van der Waals surface area contributed by atoms with Gasteiger partial charge in [0.25, 0.3) is 0 Å². The first-order valence-corrected chi connectivity index (χ1v) is 25.6. The van der Waals surface area contributed by atoms with Gasteiger partial charge >= 0.3 is 0 Å². The van der Waals surface area contributed by atoms with E-state index in [-0.39, 0.29) is 57.6 Å². The fourth-order valence-corrected chi connectivity index (χ4v) is 10.9. The van der Waals surface area contributed by atoms with Crippen LogP contribution in [0.4, 0.5) is 5.69 Å². The van der Waals surface area contributed by atoms with Crippen molar-refractivity contribution in [3.05, 3.63) is 123 Å². The molecular formula is C53H61N9O8S2. The number of aryl methyl sites for hydroxylation is 3. The number of nitrogens with one attached hydrogen (secondary N) is 3. The number of aliphatic hydroxyl groups excluding tert-OH is 1. The number of hydrogen-bond donors (Lipinski definition) is 4. The average molecular weight is 1020 g/mol. The summed E-state index contributed by atoms with van der Waals surface area (Å²) in [6.07, 6.45) is -0.737.